The second-order valence-electron chi connectivity index (χ2n) is 9.34. The van der Waals surface area contributed by atoms with Crippen molar-refractivity contribution in [3.8, 4) is 22.4 Å². The molecule has 0 atom stereocenters. The summed E-state index contributed by atoms with van der Waals surface area (Å²) >= 11 is 1.28. The second kappa shape index (κ2) is 11.5. The van der Waals surface area contributed by atoms with E-state index in [1.165, 1.54) is 11.3 Å². The maximum absolute atomic E-state index is 12.5. The summed E-state index contributed by atoms with van der Waals surface area (Å²) in [4.78, 5) is 45.8. The first-order valence-electron chi connectivity index (χ1n) is 12.1. The van der Waals surface area contributed by atoms with Crippen LogP contribution in [-0.4, -0.2) is 43.5 Å². The number of hydrogen-bond acceptors (Lipinski definition) is 6. The van der Waals surface area contributed by atoms with E-state index in [0.29, 0.717) is 21.8 Å². The fourth-order valence-corrected chi connectivity index (χ4v) is 4.38. The van der Waals surface area contributed by atoms with Gasteiger partial charge in [-0.3, -0.25) is 14.6 Å². The number of benzene rings is 2. The summed E-state index contributed by atoms with van der Waals surface area (Å²) < 4.78 is 11.9. The van der Waals surface area contributed by atoms with E-state index in [-0.39, 0.29) is 5.91 Å². The van der Waals surface area contributed by atoms with Gasteiger partial charge in [0.2, 0.25) is 5.67 Å². The molecule has 3 heterocycles. The Bertz CT molecular complexity index is 1690. The minimum atomic E-state index is -2.08. The number of carbonyl (C=O) groups excluding carboxylic acids is 2. The Morgan fingerprint density at radius 1 is 1.07 bits per heavy atom. The van der Waals surface area contributed by atoms with Crippen LogP contribution in [0.3, 0.4) is 0 Å². The molecule has 0 spiro atoms. The van der Waals surface area contributed by atoms with Gasteiger partial charge in [-0.1, -0.05) is 12.1 Å². The third-order valence-corrected chi connectivity index (χ3v) is 6.72. The lowest BCUT2D eigenvalue weighted by Crippen LogP contribution is -2.24. The molecule has 11 heteroatoms. The summed E-state index contributed by atoms with van der Waals surface area (Å²) in [7, 11) is 0. The molecule has 3 aromatic heterocycles. The third kappa shape index (κ3) is 6.21. The number of fused-ring (bicyclic) bond motifs is 1. The summed E-state index contributed by atoms with van der Waals surface area (Å²) in [6.07, 6.45) is 5.07. The van der Waals surface area contributed by atoms with Gasteiger partial charge in [0.1, 0.15) is 0 Å². The molecule has 0 aliphatic heterocycles. The number of anilines is 1. The number of rotatable bonds is 6. The number of H-pyrrole nitrogens is 1. The molecule has 204 valence electrons. The molecule has 0 aliphatic rings. The Balaban J connectivity index is 0.000000470. The Morgan fingerprint density at radius 2 is 1.82 bits per heavy atom. The lowest BCUT2D eigenvalue weighted by Gasteiger charge is -2.12. The Morgan fingerprint density at radius 3 is 2.42 bits per heavy atom. The Hall–Kier alpha value is -4.90. The number of amides is 2. The van der Waals surface area contributed by atoms with Crippen LogP contribution in [0.4, 0.5) is 10.1 Å². The van der Waals surface area contributed by atoms with Crippen molar-refractivity contribution in [2.24, 2.45) is 5.73 Å². The third-order valence-electron chi connectivity index (χ3n) is 5.95. The first-order valence-corrected chi connectivity index (χ1v) is 12.9. The molecular formula is C29H26FN5O4S. The molecule has 2 amide bonds. The minimum Gasteiger partial charge on any atom is -0.479 e. The van der Waals surface area contributed by atoms with Gasteiger partial charge in [0, 0.05) is 46.3 Å². The van der Waals surface area contributed by atoms with Crippen molar-refractivity contribution in [1.82, 2.24) is 15.0 Å². The van der Waals surface area contributed by atoms with Crippen molar-refractivity contribution in [1.29, 1.82) is 0 Å². The molecule has 40 heavy (non-hydrogen) atoms. The van der Waals surface area contributed by atoms with E-state index in [1.807, 2.05) is 49.4 Å². The molecule has 0 aliphatic carbocycles. The van der Waals surface area contributed by atoms with Crippen LogP contribution in [0.15, 0.2) is 72.5 Å². The lowest BCUT2D eigenvalue weighted by atomic mass is 9.95. The van der Waals surface area contributed by atoms with Gasteiger partial charge in [0.15, 0.2) is 5.01 Å². The van der Waals surface area contributed by atoms with Crippen molar-refractivity contribution in [3.05, 3.63) is 88.6 Å². The quantitative estimate of drug-likeness (QED) is 0.205. The molecule has 5 N–H and O–H groups in total. The number of aryl methyl sites for hydroxylation is 1. The number of hydrogen-bond donors (Lipinski definition) is 4. The maximum Gasteiger partial charge on any atom is 0.340 e. The molecule has 5 aromatic rings. The number of alkyl halides is 1. The molecule has 2 aromatic carbocycles. The van der Waals surface area contributed by atoms with E-state index in [4.69, 9.17) is 10.8 Å². The van der Waals surface area contributed by atoms with E-state index in [9.17, 15) is 18.8 Å². The van der Waals surface area contributed by atoms with Crippen LogP contribution in [0.2, 0.25) is 0 Å². The largest absolute Gasteiger partial charge is 0.479 e. The average molecular weight is 560 g/mol. The molecule has 0 fully saturated rings. The topological polar surface area (TPSA) is 151 Å². The lowest BCUT2D eigenvalue weighted by molar-refractivity contribution is -0.148. The van der Waals surface area contributed by atoms with Gasteiger partial charge in [0.05, 0.1) is 11.1 Å². The van der Waals surface area contributed by atoms with Gasteiger partial charge in [-0.2, -0.15) is 0 Å². The highest BCUT2D eigenvalue weighted by molar-refractivity contribution is 7.11. The van der Waals surface area contributed by atoms with Gasteiger partial charge in [-0.25, -0.2) is 14.2 Å². The summed E-state index contributed by atoms with van der Waals surface area (Å²) in [5, 5.41) is 13.8. The van der Waals surface area contributed by atoms with E-state index >= 15 is 0 Å². The van der Waals surface area contributed by atoms with E-state index in [0.717, 1.165) is 47.2 Å². The number of thiazole rings is 1. The second-order valence-corrected chi connectivity index (χ2v) is 10.2. The summed E-state index contributed by atoms with van der Waals surface area (Å²) in [5.41, 5.74) is 9.91. The molecular weight excluding hydrogens is 533 g/mol. The van der Waals surface area contributed by atoms with Crippen LogP contribution in [0, 0.1) is 6.92 Å². The van der Waals surface area contributed by atoms with Gasteiger partial charge < -0.3 is 21.1 Å². The van der Waals surface area contributed by atoms with Crippen molar-refractivity contribution in [3.63, 3.8) is 0 Å². The molecule has 0 unspecified atom stereocenters. The van der Waals surface area contributed by atoms with Gasteiger partial charge in [0.25, 0.3) is 11.8 Å². The molecule has 0 bridgehead atoms. The summed E-state index contributed by atoms with van der Waals surface area (Å²) in [5.74, 6) is -2.19. The van der Waals surface area contributed by atoms with Crippen LogP contribution in [0.5, 0.6) is 0 Å². The van der Waals surface area contributed by atoms with Crippen LogP contribution < -0.4 is 11.1 Å². The van der Waals surface area contributed by atoms with E-state index in [1.54, 1.807) is 30.0 Å². The number of nitrogens with two attached hydrogens (primary N) is 1. The molecule has 5 rings (SSSR count). The minimum absolute atomic E-state index is 0.255. The zero-order valence-electron chi connectivity index (χ0n) is 21.9. The van der Waals surface area contributed by atoms with E-state index in [2.05, 4.69) is 20.3 Å². The number of primary amides is 1. The number of halogens is 1. The smallest absolute Gasteiger partial charge is 0.340 e. The normalized spacial score (nSPS) is 11.0. The summed E-state index contributed by atoms with van der Waals surface area (Å²) in [6.45, 7) is 3.99. The number of carboxylic acid groups (broad SMARTS) is 1. The number of nitrogens with one attached hydrogen (secondary N) is 2. The van der Waals surface area contributed by atoms with Crippen LogP contribution in [0.1, 0.15) is 39.6 Å². The number of carbonyl (C=O) groups is 3. The van der Waals surface area contributed by atoms with Crippen LogP contribution in [0.25, 0.3) is 33.3 Å². The average Bonchev–Trinajstić information content (AvgIpc) is 3.60. The van der Waals surface area contributed by atoms with Gasteiger partial charge in [-0.05, 0) is 73.9 Å². The number of carboxylic acids is 1. The first kappa shape index (κ1) is 28.1. The predicted octanol–water partition coefficient (Wildman–Crippen LogP) is 5.83. The van der Waals surface area contributed by atoms with Gasteiger partial charge >= 0.3 is 5.97 Å². The Kier molecular flexibility index (Phi) is 8.05. The highest BCUT2D eigenvalue weighted by Gasteiger charge is 2.25. The van der Waals surface area contributed by atoms with Crippen LogP contribution in [-0.2, 0) is 4.79 Å². The predicted molar refractivity (Wildman–Crippen MR) is 153 cm³/mol. The molecule has 9 nitrogen and oxygen atoms in total. The van der Waals surface area contributed by atoms with Crippen molar-refractivity contribution in [2.75, 3.05) is 5.32 Å². The zero-order chi connectivity index (χ0) is 29.0. The highest BCUT2D eigenvalue weighted by Crippen LogP contribution is 2.36. The standard InChI is InChI=1S/C25H19N5O2S.C4H7FO2/c1-14-4-5-16(29-24(32)25-28-9-10-33-25)11-19(14)17-6-7-18(23(26)31)22-20(17)12-21(30-22)15-3-2-8-27-13-15;1-4(2,5)3(6)7/h2-13,30H,1H3,(H2,26,31)(H,29,32);1-2H3,(H,6,7). The monoisotopic (exact) mass is 559 g/mol. The first-order chi connectivity index (χ1) is 19.0. The number of pyridine rings is 1. The molecule has 0 saturated heterocycles. The van der Waals surface area contributed by atoms with Crippen molar-refractivity contribution in [2.45, 2.75) is 26.4 Å². The van der Waals surface area contributed by atoms with Crippen LogP contribution >= 0.6 is 11.3 Å². The fourth-order valence-electron chi connectivity index (χ4n) is 3.85. The van der Waals surface area contributed by atoms with Crippen molar-refractivity contribution >= 4 is 45.7 Å². The number of aromatic nitrogens is 3. The molecule has 0 radical (unpaired) electrons. The van der Waals surface area contributed by atoms with Gasteiger partial charge in [-0.15, -0.1) is 11.3 Å². The molecule has 0 saturated carbocycles. The zero-order valence-corrected chi connectivity index (χ0v) is 22.7. The van der Waals surface area contributed by atoms with Crippen molar-refractivity contribution < 1.29 is 23.9 Å². The SMILES string of the molecule is CC(C)(F)C(=O)O.Cc1ccc(NC(=O)c2nccs2)cc1-c1ccc(C(N)=O)c2[nH]c(-c3cccnc3)cc12. The summed E-state index contributed by atoms with van der Waals surface area (Å²) in [6, 6.07) is 15.1. The number of aliphatic carboxylic acids is 1. The van der Waals surface area contributed by atoms with E-state index < -0.39 is 17.5 Å². The fraction of sp³-hybridized carbons (Fsp3) is 0.138. The number of nitrogens with zero attached hydrogens (tertiary/aromatic N) is 2. The maximum atomic E-state index is 12.5. The Labute approximate surface area is 232 Å². The number of aromatic amines is 1. The highest BCUT2D eigenvalue weighted by atomic mass is 32.1.